The molecular weight excluding hydrogens is 294 g/mol. The number of aryl methyl sites for hydroxylation is 1. The number of hydrogen-bond acceptors (Lipinski definition) is 3. The highest BCUT2D eigenvalue weighted by molar-refractivity contribution is 7.99. The molecule has 0 N–H and O–H groups in total. The van der Waals surface area contributed by atoms with Gasteiger partial charge in [-0.3, -0.25) is 4.68 Å². The fourth-order valence-electron chi connectivity index (χ4n) is 1.61. The number of halogens is 4. The van der Waals surface area contributed by atoms with E-state index >= 15 is 0 Å². The summed E-state index contributed by atoms with van der Waals surface area (Å²) < 4.78 is 53.0. The van der Waals surface area contributed by atoms with Crippen LogP contribution >= 0.6 is 11.8 Å². The molecule has 1 heterocycles. The Hall–Kier alpha value is -2.01. The largest absolute Gasteiger partial charge is 0.290 e. The smallest absolute Gasteiger partial charge is 0.261 e. The van der Waals surface area contributed by atoms with Crippen LogP contribution < -0.4 is 0 Å². The van der Waals surface area contributed by atoms with E-state index in [2.05, 4.69) is 5.10 Å². The van der Waals surface area contributed by atoms with Crippen molar-refractivity contribution in [2.24, 2.45) is 7.05 Å². The van der Waals surface area contributed by atoms with E-state index in [-0.39, 0.29) is 28.0 Å². The van der Waals surface area contributed by atoms with Crippen molar-refractivity contribution in [2.75, 3.05) is 0 Å². The third-order valence-electron chi connectivity index (χ3n) is 2.50. The normalized spacial score (nSPS) is 10.8. The van der Waals surface area contributed by atoms with Crippen molar-refractivity contribution in [3.63, 3.8) is 0 Å². The lowest BCUT2D eigenvalue weighted by Crippen LogP contribution is -1.95. The van der Waals surface area contributed by atoms with Gasteiger partial charge in [-0.1, -0.05) is 0 Å². The van der Waals surface area contributed by atoms with Crippen molar-refractivity contribution in [3.05, 3.63) is 35.4 Å². The molecule has 2 rings (SSSR count). The molecule has 0 radical (unpaired) electrons. The fraction of sp³-hybridized carbons (Fsp3) is 0.167. The summed E-state index contributed by atoms with van der Waals surface area (Å²) in [5.41, 5.74) is -0.584. The molecule has 0 saturated carbocycles. The first-order valence-corrected chi connectivity index (χ1v) is 6.18. The van der Waals surface area contributed by atoms with Crippen LogP contribution in [0.5, 0.6) is 0 Å². The highest BCUT2D eigenvalue weighted by Crippen LogP contribution is 2.30. The van der Waals surface area contributed by atoms with Gasteiger partial charge in [0.25, 0.3) is 5.76 Å². The van der Waals surface area contributed by atoms with Gasteiger partial charge in [-0.25, -0.2) is 8.78 Å². The van der Waals surface area contributed by atoms with Crippen LogP contribution in [0.25, 0.3) is 11.3 Å². The van der Waals surface area contributed by atoms with E-state index in [0.717, 1.165) is 16.8 Å². The molecule has 8 heteroatoms. The van der Waals surface area contributed by atoms with Crippen molar-refractivity contribution in [1.82, 2.24) is 9.78 Å². The molecule has 3 nitrogen and oxygen atoms in total. The first-order valence-electron chi connectivity index (χ1n) is 5.30. The zero-order valence-corrected chi connectivity index (χ0v) is 10.9. The molecule has 0 fully saturated rings. The van der Waals surface area contributed by atoms with E-state index in [4.69, 9.17) is 5.26 Å². The maximum absolute atomic E-state index is 13.8. The fourth-order valence-corrected chi connectivity index (χ4v) is 2.17. The molecule has 0 unspecified atom stereocenters. The zero-order chi connectivity index (χ0) is 14.9. The summed E-state index contributed by atoms with van der Waals surface area (Å²) in [6, 6.07) is 4.33. The lowest BCUT2D eigenvalue weighted by Gasteiger charge is -2.01. The Labute approximate surface area is 115 Å². The highest BCUT2D eigenvalue weighted by atomic mass is 32.2. The molecule has 0 aliphatic heterocycles. The van der Waals surface area contributed by atoms with Gasteiger partial charge < -0.3 is 0 Å². The van der Waals surface area contributed by atoms with Crippen LogP contribution in [-0.4, -0.2) is 15.5 Å². The maximum atomic E-state index is 13.8. The van der Waals surface area contributed by atoms with Crippen LogP contribution in [0.3, 0.4) is 0 Å². The topological polar surface area (TPSA) is 41.6 Å². The standard InChI is InChI=1S/C12H7F4N3S/c1-19-11(20-12(15)16)4-10(18-19)7-3-8(13)6(5-17)2-9(7)14/h2-4,12H,1H3. The molecule has 0 spiro atoms. The lowest BCUT2D eigenvalue weighted by molar-refractivity contribution is 0.251. The molecule has 0 aliphatic carbocycles. The van der Waals surface area contributed by atoms with Crippen LogP contribution in [-0.2, 0) is 7.05 Å². The van der Waals surface area contributed by atoms with Gasteiger partial charge in [0.1, 0.15) is 17.7 Å². The minimum atomic E-state index is -2.64. The molecule has 20 heavy (non-hydrogen) atoms. The number of thioether (sulfide) groups is 1. The highest BCUT2D eigenvalue weighted by Gasteiger charge is 2.17. The number of nitriles is 1. The van der Waals surface area contributed by atoms with E-state index in [1.807, 2.05) is 0 Å². The summed E-state index contributed by atoms with van der Waals surface area (Å²) in [5.74, 6) is -4.37. The second kappa shape index (κ2) is 5.54. The molecule has 0 saturated heterocycles. The summed E-state index contributed by atoms with van der Waals surface area (Å²) in [5, 5.41) is 12.6. The number of benzene rings is 1. The van der Waals surface area contributed by atoms with Crippen molar-refractivity contribution in [3.8, 4) is 17.3 Å². The monoisotopic (exact) mass is 301 g/mol. The molecule has 0 atom stereocenters. The SMILES string of the molecule is Cn1nc(-c2cc(F)c(C#N)cc2F)cc1SC(F)F. The average molecular weight is 301 g/mol. The number of rotatable bonds is 3. The molecule has 0 bridgehead atoms. The third-order valence-corrected chi connectivity index (χ3v) is 3.30. The van der Waals surface area contributed by atoms with Crippen LogP contribution in [0.4, 0.5) is 17.6 Å². The Morgan fingerprint density at radius 3 is 2.55 bits per heavy atom. The Bertz CT molecular complexity index is 691. The van der Waals surface area contributed by atoms with E-state index in [1.54, 1.807) is 0 Å². The molecule has 0 amide bonds. The molecule has 0 aliphatic rings. The molecule has 2 aromatic rings. The van der Waals surface area contributed by atoms with Crippen molar-refractivity contribution in [2.45, 2.75) is 10.8 Å². The maximum Gasteiger partial charge on any atom is 0.290 e. The first-order chi connectivity index (χ1) is 9.42. The van der Waals surface area contributed by atoms with Gasteiger partial charge in [0.2, 0.25) is 0 Å². The van der Waals surface area contributed by atoms with Gasteiger partial charge >= 0.3 is 0 Å². The third kappa shape index (κ3) is 2.77. The minimum absolute atomic E-state index is 0.0246. The number of hydrogen-bond donors (Lipinski definition) is 0. The molecule has 1 aromatic carbocycles. The zero-order valence-electron chi connectivity index (χ0n) is 10.1. The summed E-state index contributed by atoms with van der Waals surface area (Å²) in [6.45, 7) is 0. The van der Waals surface area contributed by atoms with Gasteiger partial charge in [-0.05, 0) is 30.0 Å². The molecule has 1 aromatic heterocycles. The van der Waals surface area contributed by atoms with Gasteiger partial charge in [-0.15, -0.1) is 0 Å². The second-order valence-electron chi connectivity index (χ2n) is 3.79. The van der Waals surface area contributed by atoms with E-state index in [0.29, 0.717) is 0 Å². The van der Waals surface area contributed by atoms with Crippen molar-refractivity contribution in [1.29, 1.82) is 5.26 Å². The summed E-state index contributed by atoms with van der Waals surface area (Å²) >= 11 is 0.257. The Morgan fingerprint density at radius 2 is 1.95 bits per heavy atom. The van der Waals surface area contributed by atoms with Gasteiger partial charge in [0.05, 0.1) is 16.3 Å². The van der Waals surface area contributed by atoms with Crippen LogP contribution in [0, 0.1) is 23.0 Å². The Kier molecular flexibility index (Phi) is 3.99. The van der Waals surface area contributed by atoms with Gasteiger partial charge in [-0.2, -0.15) is 19.1 Å². The van der Waals surface area contributed by atoms with E-state index in [1.165, 1.54) is 19.2 Å². The Balaban J connectivity index is 2.47. The summed E-state index contributed by atoms with van der Waals surface area (Å²) in [4.78, 5) is 0. The van der Waals surface area contributed by atoms with E-state index in [9.17, 15) is 17.6 Å². The van der Waals surface area contributed by atoms with Gasteiger partial charge in [0, 0.05) is 12.6 Å². The summed E-state index contributed by atoms with van der Waals surface area (Å²) in [6.07, 6.45) is 0. The quantitative estimate of drug-likeness (QED) is 0.643. The Morgan fingerprint density at radius 1 is 1.25 bits per heavy atom. The minimum Gasteiger partial charge on any atom is -0.261 e. The van der Waals surface area contributed by atoms with Crippen LogP contribution in [0.2, 0.25) is 0 Å². The van der Waals surface area contributed by atoms with Gasteiger partial charge in [0.15, 0.2) is 0 Å². The number of nitrogens with zero attached hydrogens (tertiary/aromatic N) is 3. The van der Waals surface area contributed by atoms with E-state index < -0.39 is 23.0 Å². The molecule has 104 valence electrons. The van der Waals surface area contributed by atoms with Crippen molar-refractivity contribution >= 4 is 11.8 Å². The van der Waals surface area contributed by atoms with Crippen LogP contribution in [0.1, 0.15) is 5.56 Å². The summed E-state index contributed by atoms with van der Waals surface area (Å²) in [7, 11) is 1.42. The van der Waals surface area contributed by atoms with Crippen LogP contribution in [0.15, 0.2) is 23.2 Å². The van der Waals surface area contributed by atoms with Crippen molar-refractivity contribution < 1.29 is 17.6 Å². The second-order valence-corrected chi connectivity index (χ2v) is 4.80. The predicted octanol–water partition coefficient (Wildman–Crippen LogP) is 3.55. The average Bonchev–Trinajstić information content (AvgIpc) is 2.72. The first kappa shape index (κ1) is 14.4. The number of alkyl halides is 2. The lowest BCUT2D eigenvalue weighted by atomic mass is 10.1. The molecular formula is C12H7F4N3S. The predicted molar refractivity (Wildman–Crippen MR) is 65.1 cm³/mol. The number of aromatic nitrogens is 2.